The maximum Gasteiger partial charge on any atom is 0.348 e. The molecule has 0 spiro atoms. The number of nitrogens with one attached hydrogen (secondary N) is 1. The van der Waals surface area contributed by atoms with Crippen molar-refractivity contribution in [2.24, 2.45) is 7.05 Å². The standard InChI is InChI=1S/C13H14BrN3O2S/c1-8(2)19-13(18)10-7-17(3)16-12(10)15-6-9-4-5-11(14)20-9/h4-5,7H,1,6H2,2-3H3,(H,15,16). The second-order valence-corrected chi connectivity index (χ2v) is 6.76. The minimum absolute atomic E-state index is 0.354. The highest BCUT2D eigenvalue weighted by atomic mass is 79.9. The number of thiophene rings is 1. The summed E-state index contributed by atoms with van der Waals surface area (Å²) in [4.78, 5) is 13.1. The molecule has 2 aromatic rings. The van der Waals surface area contributed by atoms with Crippen LogP contribution >= 0.6 is 27.3 Å². The van der Waals surface area contributed by atoms with Crippen LogP contribution in [0.2, 0.25) is 0 Å². The van der Waals surface area contributed by atoms with E-state index in [1.165, 1.54) is 0 Å². The fourth-order valence-corrected chi connectivity index (χ4v) is 3.02. The van der Waals surface area contributed by atoms with Crippen LogP contribution in [0.25, 0.3) is 0 Å². The second kappa shape index (κ2) is 6.23. The number of allylic oxidation sites excluding steroid dienone is 1. The van der Waals surface area contributed by atoms with E-state index in [1.54, 1.807) is 36.2 Å². The van der Waals surface area contributed by atoms with E-state index in [-0.39, 0.29) is 0 Å². The number of aromatic nitrogens is 2. The summed E-state index contributed by atoms with van der Waals surface area (Å²) >= 11 is 5.04. The quantitative estimate of drug-likeness (QED) is 0.658. The van der Waals surface area contributed by atoms with Crippen LogP contribution in [0, 0.1) is 0 Å². The number of hydrogen-bond donors (Lipinski definition) is 1. The molecule has 5 nitrogen and oxygen atoms in total. The van der Waals surface area contributed by atoms with Gasteiger partial charge in [-0.3, -0.25) is 4.68 Å². The summed E-state index contributed by atoms with van der Waals surface area (Å²) in [5.74, 6) is 0.399. The Morgan fingerprint density at radius 1 is 1.60 bits per heavy atom. The number of nitrogens with zero attached hydrogens (tertiary/aromatic N) is 2. The van der Waals surface area contributed by atoms with Crippen molar-refractivity contribution in [2.75, 3.05) is 5.32 Å². The first-order valence-corrected chi connectivity index (χ1v) is 7.46. The van der Waals surface area contributed by atoms with Crippen LogP contribution in [0.4, 0.5) is 5.82 Å². The number of hydrogen-bond acceptors (Lipinski definition) is 5. The molecule has 0 aliphatic heterocycles. The molecule has 0 unspecified atom stereocenters. The third-order valence-electron chi connectivity index (χ3n) is 2.37. The zero-order chi connectivity index (χ0) is 14.7. The van der Waals surface area contributed by atoms with E-state index < -0.39 is 5.97 Å². The Morgan fingerprint density at radius 2 is 2.35 bits per heavy atom. The lowest BCUT2D eigenvalue weighted by atomic mass is 10.3. The summed E-state index contributed by atoms with van der Waals surface area (Å²) in [7, 11) is 1.75. The third kappa shape index (κ3) is 3.71. The minimum atomic E-state index is -0.458. The van der Waals surface area contributed by atoms with Crippen LogP contribution in [0.3, 0.4) is 0 Å². The number of rotatable bonds is 5. The van der Waals surface area contributed by atoms with Gasteiger partial charge in [-0.2, -0.15) is 5.10 Å². The Bertz CT molecular complexity index is 648. The predicted octanol–water partition coefficient (Wildman–Crippen LogP) is 3.55. The molecular weight excluding hydrogens is 342 g/mol. The second-order valence-electron chi connectivity index (χ2n) is 4.22. The van der Waals surface area contributed by atoms with Crippen LogP contribution < -0.4 is 5.32 Å². The molecule has 0 radical (unpaired) electrons. The molecule has 0 amide bonds. The SMILES string of the molecule is C=C(C)OC(=O)c1cn(C)nc1NCc1ccc(Br)s1. The molecule has 7 heteroatoms. The molecule has 0 fully saturated rings. The molecule has 0 aliphatic rings. The van der Waals surface area contributed by atoms with E-state index in [1.807, 2.05) is 12.1 Å². The molecule has 0 saturated heterocycles. The Hall–Kier alpha value is -1.60. The van der Waals surface area contributed by atoms with Crippen molar-refractivity contribution in [1.29, 1.82) is 0 Å². The number of aryl methyl sites for hydroxylation is 1. The van der Waals surface area contributed by atoms with E-state index in [2.05, 4.69) is 32.9 Å². The van der Waals surface area contributed by atoms with Crippen LogP contribution in [-0.2, 0) is 18.3 Å². The number of ether oxygens (including phenoxy) is 1. The molecule has 2 heterocycles. The van der Waals surface area contributed by atoms with Crippen LogP contribution in [-0.4, -0.2) is 15.7 Å². The van der Waals surface area contributed by atoms with Gasteiger partial charge in [0.25, 0.3) is 0 Å². The van der Waals surface area contributed by atoms with E-state index >= 15 is 0 Å². The van der Waals surface area contributed by atoms with Crippen molar-refractivity contribution in [3.63, 3.8) is 0 Å². The van der Waals surface area contributed by atoms with E-state index in [0.29, 0.717) is 23.7 Å². The van der Waals surface area contributed by atoms with Gasteiger partial charge < -0.3 is 10.1 Å². The van der Waals surface area contributed by atoms with Crippen molar-refractivity contribution < 1.29 is 9.53 Å². The third-order valence-corrected chi connectivity index (χ3v) is 4.00. The fraction of sp³-hybridized carbons (Fsp3) is 0.231. The highest BCUT2D eigenvalue weighted by molar-refractivity contribution is 9.11. The van der Waals surface area contributed by atoms with Gasteiger partial charge in [0.15, 0.2) is 5.82 Å². The van der Waals surface area contributed by atoms with Crippen molar-refractivity contribution in [3.05, 3.63) is 44.9 Å². The molecule has 106 valence electrons. The molecule has 0 atom stereocenters. The van der Waals surface area contributed by atoms with Gasteiger partial charge in [0.05, 0.1) is 16.1 Å². The first-order valence-electron chi connectivity index (χ1n) is 5.85. The normalized spacial score (nSPS) is 10.3. The van der Waals surface area contributed by atoms with Crippen molar-refractivity contribution in [1.82, 2.24) is 9.78 Å². The first kappa shape index (κ1) is 14.8. The monoisotopic (exact) mass is 355 g/mol. The van der Waals surface area contributed by atoms with Crippen LogP contribution in [0.1, 0.15) is 22.2 Å². The Labute approximate surface area is 129 Å². The number of halogens is 1. The van der Waals surface area contributed by atoms with Crippen LogP contribution in [0.5, 0.6) is 0 Å². The molecular formula is C13H14BrN3O2S. The summed E-state index contributed by atoms with van der Waals surface area (Å²) < 4.78 is 7.65. The maximum absolute atomic E-state index is 11.9. The van der Waals surface area contributed by atoms with Gasteiger partial charge in [-0.05, 0) is 35.0 Å². The predicted molar refractivity (Wildman–Crippen MR) is 82.8 cm³/mol. The molecule has 0 aromatic carbocycles. The molecule has 0 aliphatic carbocycles. The van der Waals surface area contributed by atoms with Gasteiger partial charge in [-0.15, -0.1) is 11.3 Å². The number of carbonyl (C=O) groups is 1. The molecule has 20 heavy (non-hydrogen) atoms. The topological polar surface area (TPSA) is 56.2 Å². The minimum Gasteiger partial charge on any atom is -0.428 e. The lowest BCUT2D eigenvalue weighted by Gasteiger charge is -2.05. The van der Waals surface area contributed by atoms with Gasteiger partial charge in [0.1, 0.15) is 5.56 Å². The highest BCUT2D eigenvalue weighted by Gasteiger charge is 2.17. The van der Waals surface area contributed by atoms with E-state index in [9.17, 15) is 4.79 Å². The van der Waals surface area contributed by atoms with Crippen molar-refractivity contribution in [2.45, 2.75) is 13.5 Å². The first-order chi connectivity index (χ1) is 9.45. The van der Waals surface area contributed by atoms with Gasteiger partial charge in [0, 0.05) is 18.1 Å². The maximum atomic E-state index is 11.9. The molecule has 1 N–H and O–H groups in total. The molecule has 0 bridgehead atoms. The van der Waals surface area contributed by atoms with Crippen molar-refractivity contribution in [3.8, 4) is 0 Å². The van der Waals surface area contributed by atoms with Gasteiger partial charge in [-0.1, -0.05) is 6.58 Å². The van der Waals surface area contributed by atoms with Gasteiger partial charge >= 0.3 is 5.97 Å². The van der Waals surface area contributed by atoms with Gasteiger partial charge in [-0.25, -0.2) is 4.79 Å². The number of anilines is 1. The highest BCUT2D eigenvalue weighted by Crippen LogP contribution is 2.23. The average Bonchev–Trinajstić information content (AvgIpc) is 2.92. The number of carbonyl (C=O) groups excluding carboxylic acids is 1. The zero-order valence-electron chi connectivity index (χ0n) is 11.1. The summed E-state index contributed by atoms with van der Waals surface area (Å²) in [5.41, 5.74) is 0.395. The molecule has 2 aromatic heterocycles. The average molecular weight is 356 g/mol. The summed E-state index contributed by atoms with van der Waals surface area (Å²) in [5, 5.41) is 7.37. The summed E-state index contributed by atoms with van der Waals surface area (Å²) in [6, 6.07) is 3.99. The lowest BCUT2D eigenvalue weighted by molar-refractivity contribution is 0.0629. The number of esters is 1. The Balaban J connectivity index is 2.11. The largest absolute Gasteiger partial charge is 0.428 e. The molecule has 2 rings (SSSR count). The van der Waals surface area contributed by atoms with E-state index in [0.717, 1.165) is 8.66 Å². The van der Waals surface area contributed by atoms with Gasteiger partial charge in [0.2, 0.25) is 0 Å². The summed E-state index contributed by atoms with van der Waals surface area (Å²) in [6.07, 6.45) is 1.62. The molecule has 0 saturated carbocycles. The van der Waals surface area contributed by atoms with Crippen LogP contribution in [0.15, 0.2) is 34.5 Å². The Morgan fingerprint density at radius 3 is 2.95 bits per heavy atom. The summed E-state index contributed by atoms with van der Waals surface area (Å²) in [6.45, 7) is 5.79. The lowest BCUT2D eigenvalue weighted by Crippen LogP contribution is -2.07. The fourth-order valence-electron chi connectivity index (χ4n) is 1.60. The Kier molecular flexibility index (Phi) is 4.61. The van der Waals surface area contributed by atoms with E-state index in [4.69, 9.17) is 4.74 Å². The zero-order valence-corrected chi connectivity index (χ0v) is 13.5. The smallest absolute Gasteiger partial charge is 0.348 e. The van der Waals surface area contributed by atoms with Crippen molar-refractivity contribution >= 4 is 39.1 Å².